The Morgan fingerprint density at radius 3 is 2.44 bits per heavy atom. The fraction of sp³-hybridized carbons (Fsp3) is 0.450. The number of amides is 2. The number of allylic oxidation sites excluding steroid dienone is 2. The standard InChI is InChI=1S/C40H47BN2O5/c1-3-9-29-23-33-38(40(46)43(39(33)45)30-18-20-42(21-19-30)25-27-10-5-4-6-11-27)34-24-41(47)48-36(37(29)34)17-14-26(2)22-28-15-16-35(44)32-13-8-7-12-31(28)32/h4-8,10-13,15-16,22,30,33-34,36,38,44,47H,3,9,14,17-21,23-25H2,1-2H3/b26-22+/t33-,34+,36-,38-/m1/s1. The fourth-order valence-corrected chi connectivity index (χ4v) is 8.99. The molecule has 7 rings (SSSR count). The van der Waals surface area contributed by atoms with Gasteiger partial charge in [-0.15, -0.1) is 0 Å². The molecule has 3 aromatic rings. The number of rotatable bonds is 9. The van der Waals surface area contributed by atoms with Crippen molar-refractivity contribution < 1.29 is 24.4 Å². The highest BCUT2D eigenvalue weighted by molar-refractivity contribution is 6.43. The average molecular weight is 647 g/mol. The normalized spacial score (nSPS) is 25.6. The van der Waals surface area contributed by atoms with Crippen LogP contribution in [-0.4, -0.2) is 64.1 Å². The van der Waals surface area contributed by atoms with Crippen LogP contribution >= 0.6 is 0 Å². The summed E-state index contributed by atoms with van der Waals surface area (Å²) in [4.78, 5) is 32.4. The minimum Gasteiger partial charge on any atom is -0.507 e. The number of carbonyl (C=O) groups is 2. The number of imide groups is 1. The van der Waals surface area contributed by atoms with Gasteiger partial charge in [0.2, 0.25) is 11.8 Å². The molecule has 3 aromatic carbocycles. The summed E-state index contributed by atoms with van der Waals surface area (Å²) < 4.78 is 6.26. The van der Waals surface area contributed by atoms with Crippen LogP contribution in [-0.2, 0) is 20.8 Å². The monoisotopic (exact) mass is 646 g/mol. The SMILES string of the molecule is CCCC1=C2[C@@H](CC/C(C)=C/c3ccc(O)c4ccccc34)OB(O)C[C@@H]2[C@@H]2C(=O)N(C3CCN(Cc4ccccc4)CC3)C(=O)[C@@H]2C1. The highest BCUT2D eigenvalue weighted by Gasteiger charge is 2.58. The topological polar surface area (TPSA) is 90.3 Å². The van der Waals surface area contributed by atoms with Crippen molar-refractivity contribution in [2.75, 3.05) is 13.1 Å². The van der Waals surface area contributed by atoms with Gasteiger partial charge >= 0.3 is 7.12 Å². The number of phenols is 1. The predicted octanol–water partition coefficient (Wildman–Crippen LogP) is 6.99. The summed E-state index contributed by atoms with van der Waals surface area (Å²) >= 11 is 0. The van der Waals surface area contributed by atoms with E-state index in [4.69, 9.17) is 4.65 Å². The number of nitrogens with zero attached hydrogens (tertiary/aromatic N) is 2. The number of likely N-dealkylation sites (tertiary alicyclic amines) is 2. The van der Waals surface area contributed by atoms with Gasteiger partial charge in [0, 0.05) is 31.1 Å². The van der Waals surface area contributed by atoms with E-state index < -0.39 is 13.0 Å². The molecule has 250 valence electrons. The molecule has 3 aliphatic heterocycles. The number of piperidine rings is 1. The van der Waals surface area contributed by atoms with Crippen molar-refractivity contribution in [3.8, 4) is 5.75 Å². The second-order valence-electron chi connectivity index (χ2n) is 14.4. The third-order valence-corrected chi connectivity index (χ3v) is 11.2. The summed E-state index contributed by atoms with van der Waals surface area (Å²) in [7, 11) is -0.964. The number of carbonyl (C=O) groups excluding carboxylic acids is 2. The molecule has 0 radical (unpaired) electrons. The Bertz CT molecular complexity index is 1730. The molecule has 2 N–H and O–H groups in total. The molecule has 8 heteroatoms. The third-order valence-electron chi connectivity index (χ3n) is 11.2. The number of benzene rings is 3. The lowest BCUT2D eigenvalue weighted by molar-refractivity contribution is -0.144. The van der Waals surface area contributed by atoms with Crippen LogP contribution in [0.15, 0.2) is 83.4 Å². The summed E-state index contributed by atoms with van der Waals surface area (Å²) in [5.74, 6) is -0.704. The van der Waals surface area contributed by atoms with Crippen molar-refractivity contribution in [3.05, 3.63) is 94.6 Å². The van der Waals surface area contributed by atoms with E-state index in [1.165, 1.54) is 22.3 Å². The van der Waals surface area contributed by atoms with Gasteiger partial charge < -0.3 is 14.8 Å². The first-order valence-corrected chi connectivity index (χ1v) is 17.9. The van der Waals surface area contributed by atoms with Crippen LogP contribution < -0.4 is 0 Å². The molecule has 0 unspecified atom stereocenters. The highest BCUT2D eigenvalue weighted by atomic mass is 16.5. The molecule has 4 atom stereocenters. The van der Waals surface area contributed by atoms with Crippen LogP contribution in [0.4, 0.5) is 0 Å². The Hall–Kier alpha value is -3.72. The van der Waals surface area contributed by atoms with Crippen molar-refractivity contribution in [1.29, 1.82) is 0 Å². The second kappa shape index (κ2) is 14.0. The number of hydrogen-bond acceptors (Lipinski definition) is 6. The smallest absolute Gasteiger partial charge is 0.455 e. The molecule has 48 heavy (non-hydrogen) atoms. The highest BCUT2D eigenvalue weighted by Crippen LogP contribution is 2.52. The van der Waals surface area contributed by atoms with Gasteiger partial charge in [0.25, 0.3) is 0 Å². The Balaban J connectivity index is 1.08. The van der Waals surface area contributed by atoms with Crippen molar-refractivity contribution in [2.24, 2.45) is 17.8 Å². The molecule has 4 aliphatic rings. The quantitative estimate of drug-likeness (QED) is 0.148. The van der Waals surface area contributed by atoms with Crippen LogP contribution in [0.25, 0.3) is 16.8 Å². The predicted molar refractivity (Wildman–Crippen MR) is 190 cm³/mol. The van der Waals surface area contributed by atoms with E-state index in [1.54, 1.807) is 11.0 Å². The van der Waals surface area contributed by atoms with Crippen molar-refractivity contribution in [2.45, 2.75) is 83.8 Å². The van der Waals surface area contributed by atoms with Gasteiger partial charge in [0.05, 0.1) is 17.9 Å². The minimum atomic E-state index is -0.964. The Morgan fingerprint density at radius 1 is 0.958 bits per heavy atom. The van der Waals surface area contributed by atoms with Crippen LogP contribution in [0, 0.1) is 17.8 Å². The lowest BCUT2D eigenvalue weighted by Gasteiger charge is -2.43. The molecule has 2 amide bonds. The summed E-state index contributed by atoms with van der Waals surface area (Å²) in [5.41, 5.74) is 5.94. The van der Waals surface area contributed by atoms with E-state index in [9.17, 15) is 19.7 Å². The Labute approximate surface area is 284 Å². The maximum Gasteiger partial charge on any atom is 0.455 e. The lowest BCUT2D eigenvalue weighted by atomic mass is 9.58. The van der Waals surface area contributed by atoms with Crippen LogP contribution in [0.2, 0.25) is 6.32 Å². The molecule has 0 spiro atoms. The summed E-state index contributed by atoms with van der Waals surface area (Å²) in [5, 5.41) is 23.2. The first-order valence-electron chi connectivity index (χ1n) is 17.9. The zero-order valence-electron chi connectivity index (χ0n) is 28.2. The number of hydrogen-bond donors (Lipinski definition) is 2. The molecule has 7 nitrogen and oxygen atoms in total. The van der Waals surface area contributed by atoms with Gasteiger partial charge in [0.15, 0.2) is 0 Å². The van der Waals surface area contributed by atoms with Gasteiger partial charge in [0.1, 0.15) is 5.75 Å². The second-order valence-corrected chi connectivity index (χ2v) is 14.4. The van der Waals surface area contributed by atoms with E-state index in [0.717, 1.165) is 68.1 Å². The molecule has 0 saturated carbocycles. The first-order chi connectivity index (χ1) is 23.3. The van der Waals surface area contributed by atoms with Gasteiger partial charge in [-0.3, -0.25) is 19.4 Å². The average Bonchev–Trinajstić information content (AvgIpc) is 3.34. The Morgan fingerprint density at radius 2 is 1.69 bits per heavy atom. The molecular weight excluding hydrogens is 599 g/mol. The molecule has 3 heterocycles. The Kier molecular flexibility index (Phi) is 9.59. The van der Waals surface area contributed by atoms with Gasteiger partial charge in [-0.1, -0.05) is 91.2 Å². The van der Waals surface area contributed by atoms with Crippen molar-refractivity contribution in [1.82, 2.24) is 9.80 Å². The summed E-state index contributed by atoms with van der Waals surface area (Å²) in [6.45, 7) is 6.88. The fourth-order valence-electron chi connectivity index (χ4n) is 8.99. The van der Waals surface area contributed by atoms with E-state index in [-0.39, 0.29) is 41.5 Å². The first kappa shape index (κ1) is 32.8. The molecular formula is C40H47BN2O5. The van der Waals surface area contributed by atoms with Gasteiger partial charge in [-0.05, 0) is 85.8 Å². The van der Waals surface area contributed by atoms with Gasteiger partial charge in [-0.2, -0.15) is 0 Å². The van der Waals surface area contributed by atoms with Crippen LogP contribution in [0.3, 0.4) is 0 Å². The van der Waals surface area contributed by atoms with Crippen LogP contribution in [0.5, 0.6) is 5.75 Å². The minimum absolute atomic E-state index is 0.00315. The lowest BCUT2D eigenvalue weighted by Crippen LogP contribution is -2.48. The zero-order valence-corrected chi connectivity index (χ0v) is 28.2. The third kappa shape index (κ3) is 6.38. The van der Waals surface area contributed by atoms with E-state index in [0.29, 0.717) is 19.2 Å². The maximum atomic E-state index is 14.3. The summed E-state index contributed by atoms with van der Waals surface area (Å²) in [6.07, 6.45) is 7.72. The molecule has 0 bridgehead atoms. The van der Waals surface area contributed by atoms with E-state index in [1.807, 2.05) is 36.4 Å². The van der Waals surface area contributed by atoms with E-state index >= 15 is 0 Å². The zero-order chi connectivity index (χ0) is 33.4. The van der Waals surface area contributed by atoms with E-state index in [2.05, 4.69) is 49.1 Å². The van der Waals surface area contributed by atoms with Crippen molar-refractivity contribution in [3.63, 3.8) is 0 Å². The number of aromatic hydroxyl groups is 1. The maximum absolute atomic E-state index is 14.3. The largest absolute Gasteiger partial charge is 0.507 e. The molecule has 1 aliphatic carbocycles. The van der Waals surface area contributed by atoms with Gasteiger partial charge in [-0.25, -0.2) is 0 Å². The number of phenolic OH excluding ortho intramolecular Hbond substituents is 1. The van der Waals surface area contributed by atoms with Crippen LogP contribution in [0.1, 0.15) is 69.9 Å². The molecule has 3 saturated heterocycles. The summed E-state index contributed by atoms with van der Waals surface area (Å²) in [6, 6.07) is 21.9. The molecule has 0 aromatic heterocycles. The van der Waals surface area contributed by atoms with Crippen molar-refractivity contribution >= 4 is 35.8 Å². The molecule has 3 fully saturated rings. The number of fused-ring (bicyclic) bond motifs is 4.